The van der Waals surface area contributed by atoms with Gasteiger partial charge in [0.2, 0.25) is 0 Å². The number of nitrogens with one attached hydrogen (secondary N) is 2. The number of pyridine rings is 1. The molecule has 0 aliphatic carbocycles. The van der Waals surface area contributed by atoms with Crippen molar-refractivity contribution in [1.82, 2.24) is 14.5 Å². The van der Waals surface area contributed by atoms with Crippen LogP contribution in [0, 0.1) is 0 Å². The Kier molecular flexibility index (Phi) is 6.95. The van der Waals surface area contributed by atoms with Crippen LogP contribution in [0.1, 0.15) is 30.8 Å². The van der Waals surface area contributed by atoms with E-state index < -0.39 is 0 Å². The number of amides is 2. The number of carbonyl (C=O) groups excluding carboxylic acids is 2. The summed E-state index contributed by atoms with van der Waals surface area (Å²) in [6.45, 7) is 5.93. The maximum atomic E-state index is 13.0. The average Bonchev–Trinajstić information content (AvgIpc) is 3.43. The number of aryl methyl sites for hydroxylation is 1. The van der Waals surface area contributed by atoms with Crippen molar-refractivity contribution in [2.45, 2.75) is 32.9 Å². The molecule has 0 unspecified atom stereocenters. The number of anilines is 2. The largest absolute Gasteiger partial charge is 0.450 e. The quantitative estimate of drug-likeness (QED) is 0.492. The van der Waals surface area contributed by atoms with Crippen molar-refractivity contribution in [3.05, 3.63) is 52.3 Å². The molecule has 2 N–H and O–H groups in total. The molecule has 8 nitrogen and oxygen atoms in total. The molecule has 0 bridgehead atoms. The van der Waals surface area contributed by atoms with Gasteiger partial charge < -0.3 is 24.8 Å². The number of aromatic nitrogens is 2. The van der Waals surface area contributed by atoms with E-state index in [1.54, 1.807) is 42.3 Å². The van der Waals surface area contributed by atoms with Gasteiger partial charge in [-0.15, -0.1) is 0 Å². The van der Waals surface area contributed by atoms with E-state index in [0.717, 1.165) is 17.3 Å². The molecule has 1 aromatic carbocycles. The van der Waals surface area contributed by atoms with Crippen LogP contribution in [0.2, 0.25) is 10.0 Å². The van der Waals surface area contributed by atoms with E-state index in [1.807, 2.05) is 17.6 Å². The Balaban J connectivity index is 1.42. The fourth-order valence-electron chi connectivity index (χ4n) is 4.02. The molecule has 10 heteroatoms. The van der Waals surface area contributed by atoms with Gasteiger partial charge in [-0.1, -0.05) is 23.2 Å². The molecule has 2 amide bonds. The van der Waals surface area contributed by atoms with Crippen molar-refractivity contribution in [2.24, 2.45) is 0 Å². The molecule has 4 rings (SSSR count). The van der Waals surface area contributed by atoms with Crippen LogP contribution < -0.4 is 10.6 Å². The Morgan fingerprint density at radius 1 is 1.21 bits per heavy atom. The predicted octanol–water partition coefficient (Wildman–Crippen LogP) is 5.26. The van der Waals surface area contributed by atoms with Gasteiger partial charge in [0, 0.05) is 31.1 Å². The summed E-state index contributed by atoms with van der Waals surface area (Å²) in [5, 5.41) is 7.83. The lowest BCUT2D eigenvalue weighted by molar-refractivity contribution is 0.101. The summed E-state index contributed by atoms with van der Waals surface area (Å²) in [6.07, 6.45) is 2.12. The summed E-state index contributed by atoms with van der Waals surface area (Å²) in [5.41, 5.74) is 1.91. The first-order valence-electron chi connectivity index (χ1n) is 10.8. The molecule has 0 radical (unpaired) electrons. The minimum atomic E-state index is -0.291. The number of halogens is 2. The third-order valence-electron chi connectivity index (χ3n) is 5.61. The lowest BCUT2D eigenvalue weighted by Crippen LogP contribution is -2.32. The van der Waals surface area contributed by atoms with Gasteiger partial charge in [0.25, 0.3) is 5.91 Å². The van der Waals surface area contributed by atoms with Gasteiger partial charge in [0.05, 0.1) is 34.1 Å². The highest BCUT2D eigenvalue weighted by Crippen LogP contribution is 2.33. The molecule has 0 spiro atoms. The summed E-state index contributed by atoms with van der Waals surface area (Å²) < 4.78 is 6.94. The Bertz CT molecular complexity index is 1180. The smallest absolute Gasteiger partial charge is 0.409 e. The van der Waals surface area contributed by atoms with Crippen molar-refractivity contribution in [1.29, 1.82) is 0 Å². The van der Waals surface area contributed by atoms with E-state index in [1.165, 1.54) is 0 Å². The Morgan fingerprint density at radius 2 is 2.03 bits per heavy atom. The van der Waals surface area contributed by atoms with Gasteiger partial charge in [-0.05, 0) is 50.6 Å². The normalized spacial score (nSPS) is 15.6. The number of likely N-dealkylation sites (tertiary alicyclic amines) is 1. The minimum absolute atomic E-state index is 0.0965. The number of ether oxygens (including phenoxy) is 1. The van der Waals surface area contributed by atoms with E-state index >= 15 is 0 Å². The Labute approximate surface area is 201 Å². The van der Waals surface area contributed by atoms with Crippen molar-refractivity contribution in [3.8, 4) is 0 Å². The monoisotopic (exact) mass is 489 g/mol. The topological polar surface area (TPSA) is 88.5 Å². The Hall–Kier alpha value is -2.97. The summed E-state index contributed by atoms with van der Waals surface area (Å²) in [5.74, 6) is 0.413. The van der Waals surface area contributed by atoms with Crippen LogP contribution in [0.3, 0.4) is 0 Å². The second-order valence-corrected chi connectivity index (χ2v) is 8.51. The van der Waals surface area contributed by atoms with Crippen LogP contribution in [-0.4, -0.2) is 52.2 Å². The van der Waals surface area contributed by atoms with Crippen LogP contribution >= 0.6 is 23.2 Å². The number of fused-ring (bicyclic) bond motifs is 1. The van der Waals surface area contributed by atoms with E-state index in [-0.39, 0.29) is 18.0 Å². The number of benzene rings is 1. The van der Waals surface area contributed by atoms with E-state index in [9.17, 15) is 9.59 Å². The number of carbonyl (C=O) groups is 2. The van der Waals surface area contributed by atoms with E-state index in [0.29, 0.717) is 53.5 Å². The highest BCUT2D eigenvalue weighted by atomic mass is 35.5. The molecule has 1 saturated heterocycles. The van der Waals surface area contributed by atoms with Gasteiger partial charge in [-0.2, -0.15) is 0 Å². The van der Waals surface area contributed by atoms with Crippen molar-refractivity contribution in [2.75, 3.05) is 30.3 Å². The molecule has 3 aromatic rings. The number of rotatable bonds is 6. The molecule has 1 aliphatic heterocycles. The zero-order valence-corrected chi connectivity index (χ0v) is 19.9. The minimum Gasteiger partial charge on any atom is -0.450 e. The summed E-state index contributed by atoms with van der Waals surface area (Å²) in [7, 11) is 0. The predicted molar refractivity (Wildman–Crippen MR) is 130 cm³/mol. The third kappa shape index (κ3) is 4.86. The van der Waals surface area contributed by atoms with Gasteiger partial charge in [-0.25, -0.2) is 9.78 Å². The highest BCUT2D eigenvalue weighted by molar-refractivity contribution is 6.45. The average molecular weight is 490 g/mol. The summed E-state index contributed by atoms with van der Waals surface area (Å²) in [6, 6.07) is 9.02. The first kappa shape index (κ1) is 23.2. The number of hydrogen-bond acceptors (Lipinski definition) is 5. The molecule has 1 aliphatic rings. The number of hydrogen-bond donors (Lipinski definition) is 2. The maximum absolute atomic E-state index is 13.0. The van der Waals surface area contributed by atoms with Crippen LogP contribution in [0.25, 0.3) is 10.9 Å². The van der Waals surface area contributed by atoms with Gasteiger partial charge >= 0.3 is 6.09 Å². The fraction of sp³-hybridized carbons (Fsp3) is 0.348. The highest BCUT2D eigenvalue weighted by Gasteiger charge is 2.27. The molecule has 1 atom stereocenters. The van der Waals surface area contributed by atoms with Crippen LogP contribution in [0.15, 0.2) is 36.5 Å². The second kappa shape index (κ2) is 9.89. The molecule has 2 aromatic heterocycles. The van der Waals surface area contributed by atoms with Crippen LogP contribution in [0.4, 0.5) is 16.3 Å². The molecule has 33 heavy (non-hydrogen) atoms. The third-order valence-corrected chi connectivity index (χ3v) is 6.43. The second-order valence-electron chi connectivity index (χ2n) is 7.73. The summed E-state index contributed by atoms with van der Waals surface area (Å²) >= 11 is 12.5. The van der Waals surface area contributed by atoms with Gasteiger partial charge in [0.15, 0.2) is 0 Å². The molecule has 1 fully saturated rings. The molecule has 0 saturated carbocycles. The fourth-order valence-corrected chi connectivity index (χ4v) is 4.40. The first-order valence-corrected chi connectivity index (χ1v) is 11.6. The zero-order chi connectivity index (χ0) is 23.5. The van der Waals surface area contributed by atoms with E-state index in [2.05, 4.69) is 15.6 Å². The Morgan fingerprint density at radius 3 is 2.73 bits per heavy atom. The lowest BCUT2D eigenvalue weighted by atomic mass is 10.2. The molecular weight excluding hydrogens is 465 g/mol. The van der Waals surface area contributed by atoms with Gasteiger partial charge in [0.1, 0.15) is 11.5 Å². The van der Waals surface area contributed by atoms with Gasteiger partial charge in [-0.3, -0.25) is 4.79 Å². The maximum Gasteiger partial charge on any atom is 0.409 e. The number of nitrogens with zero attached hydrogens (tertiary/aromatic N) is 3. The molecule has 174 valence electrons. The van der Waals surface area contributed by atoms with E-state index in [4.69, 9.17) is 27.9 Å². The van der Waals surface area contributed by atoms with Crippen molar-refractivity contribution >= 4 is 57.6 Å². The molecular formula is C23H25Cl2N5O3. The summed E-state index contributed by atoms with van der Waals surface area (Å²) in [4.78, 5) is 30.9. The van der Waals surface area contributed by atoms with Crippen LogP contribution in [0.5, 0.6) is 0 Å². The molecule has 3 heterocycles. The van der Waals surface area contributed by atoms with Crippen LogP contribution in [-0.2, 0) is 11.3 Å². The van der Waals surface area contributed by atoms with Crippen molar-refractivity contribution < 1.29 is 14.3 Å². The standard InChI is InChI=1S/C23H25Cl2N5O3/c1-3-30-18-7-6-17(24)21(25)16(18)11-19(30)22(31)28-14-5-8-20(26-12-14)27-15-9-10-29(13-15)23(32)33-4-2/h5-8,11-12,15H,3-4,9-10,13H2,1-2H3,(H,26,27)(H,28,31)/t15-/m0/s1. The lowest BCUT2D eigenvalue weighted by Gasteiger charge is -2.16. The first-order chi connectivity index (χ1) is 15.9. The zero-order valence-electron chi connectivity index (χ0n) is 18.4. The van der Waals surface area contributed by atoms with Crippen molar-refractivity contribution in [3.63, 3.8) is 0 Å². The SMILES string of the molecule is CCOC(=O)N1CC[C@H](Nc2ccc(NC(=O)c3cc4c(Cl)c(Cl)ccc4n3CC)cn2)C1.